The summed E-state index contributed by atoms with van der Waals surface area (Å²) in [5.74, 6) is 1.75. The molecule has 0 aliphatic heterocycles. The highest BCUT2D eigenvalue weighted by molar-refractivity contribution is 5.35. The number of unbranched alkanes of at least 4 members (excludes halogenated alkanes) is 2. The van der Waals surface area contributed by atoms with Crippen LogP contribution in [0.4, 0.5) is 0 Å². The normalized spacial score (nSPS) is 19.3. The molecule has 1 fully saturated rings. The third-order valence-corrected chi connectivity index (χ3v) is 6.67. The Balaban J connectivity index is 1.52. The van der Waals surface area contributed by atoms with E-state index in [2.05, 4.69) is 50.2 Å². The lowest BCUT2D eigenvalue weighted by Crippen LogP contribution is -2.13. The van der Waals surface area contributed by atoms with Gasteiger partial charge in [-0.25, -0.2) is 0 Å². The fourth-order valence-electron chi connectivity index (χ4n) is 4.75. The van der Waals surface area contributed by atoms with E-state index in [9.17, 15) is 0 Å². The van der Waals surface area contributed by atoms with E-state index in [1.165, 1.54) is 68.1 Å². The molecule has 0 heterocycles. The fourth-order valence-corrected chi connectivity index (χ4v) is 4.75. The molecule has 0 amide bonds. The maximum atomic E-state index is 8.92. The van der Waals surface area contributed by atoms with Crippen LogP contribution < -0.4 is 0 Å². The Morgan fingerprint density at radius 2 is 1.68 bits per heavy atom. The zero-order valence-electron chi connectivity index (χ0n) is 17.7. The van der Waals surface area contributed by atoms with Gasteiger partial charge in [-0.1, -0.05) is 62.9 Å². The second-order valence-electron chi connectivity index (χ2n) is 8.71. The number of benzene rings is 2. The summed E-state index contributed by atoms with van der Waals surface area (Å²) < 4.78 is 0. The SMILES string of the molecule is CCCCCC1CCC(c2ccc(CCc3ccc(C#N)cc3)c(C)c2)CC1. The van der Waals surface area contributed by atoms with Crippen molar-refractivity contribution in [1.82, 2.24) is 0 Å². The number of hydrogen-bond donors (Lipinski definition) is 0. The van der Waals surface area contributed by atoms with Crippen LogP contribution >= 0.6 is 0 Å². The van der Waals surface area contributed by atoms with Gasteiger partial charge in [-0.2, -0.15) is 5.26 Å². The molecule has 0 saturated heterocycles. The molecular weight excluding hydrogens is 338 g/mol. The van der Waals surface area contributed by atoms with E-state index in [0.717, 1.165) is 30.2 Å². The van der Waals surface area contributed by atoms with Crippen molar-refractivity contribution in [2.75, 3.05) is 0 Å². The van der Waals surface area contributed by atoms with Crippen LogP contribution in [0, 0.1) is 24.2 Å². The van der Waals surface area contributed by atoms with E-state index < -0.39 is 0 Å². The number of hydrogen-bond acceptors (Lipinski definition) is 1. The predicted octanol–water partition coefficient (Wildman–Crippen LogP) is 7.51. The molecule has 1 nitrogen and oxygen atoms in total. The lowest BCUT2D eigenvalue weighted by Gasteiger charge is -2.29. The van der Waals surface area contributed by atoms with Gasteiger partial charge >= 0.3 is 0 Å². The summed E-state index contributed by atoms with van der Waals surface area (Å²) in [7, 11) is 0. The van der Waals surface area contributed by atoms with Gasteiger partial charge in [0.2, 0.25) is 0 Å². The molecule has 0 bridgehead atoms. The summed E-state index contributed by atoms with van der Waals surface area (Å²) in [5, 5.41) is 8.92. The second-order valence-corrected chi connectivity index (χ2v) is 8.71. The second kappa shape index (κ2) is 10.5. The standard InChI is InChI=1S/C27H35N/c1-3-4-5-6-22-12-15-26(16-13-22)27-18-17-25(21(2)19-27)14-11-23-7-9-24(20-28)10-8-23/h7-10,17-19,22,26H,3-6,11-16H2,1-2H3. The highest BCUT2D eigenvalue weighted by atomic mass is 14.3. The van der Waals surface area contributed by atoms with Gasteiger partial charge in [0.05, 0.1) is 11.6 Å². The first kappa shape index (κ1) is 20.7. The third-order valence-electron chi connectivity index (χ3n) is 6.67. The Morgan fingerprint density at radius 3 is 2.32 bits per heavy atom. The summed E-state index contributed by atoms with van der Waals surface area (Å²) >= 11 is 0. The minimum Gasteiger partial charge on any atom is -0.192 e. The van der Waals surface area contributed by atoms with Crippen LogP contribution in [0.5, 0.6) is 0 Å². The van der Waals surface area contributed by atoms with Crippen molar-refractivity contribution < 1.29 is 0 Å². The minimum absolute atomic E-state index is 0.740. The number of nitriles is 1. The fraction of sp³-hybridized carbons (Fsp3) is 0.519. The molecule has 0 atom stereocenters. The highest BCUT2D eigenvalue weighted by Gasteiger charge is 2.22. The van der Waals surface area contributed by atoms with E-state index >= 15 is 0 Å². The minimum atomic E-state index is 0.740. The molecule has 2 aromatic carbocycles. The molecule has 28 heavy (non-hydrogen) atoms. The number of aryl methyl sites for hydroxylation is 3. The summed E-state index contributed by atoms with van der Waals surface area (Å²) in [6.45, 7) is 4.57. The Labute approximate surface area is 171 Å². The van der Waals surface area contributed by atoms with Crippen LogP contribution in [0.2, 0.25) is 0 Å². The summed E-state index contributed by atoms with van der Waals surface area (Å²) in [5.41, 5.74) is 6.51. The van der Waals surface area contributed by atoms with Crippen LogP contribution in [0.3, 0.4) is 0 Å². The van der Waals surface area contributed by atoms with Crippen molar-refractivity contribution in [3.63, 3.8) is 0 Å². The summed E-state index contributed by atoms with van der Waals surface area (Å²) in [4.78, 5) is 0. The Morgan fingerprint density at radius 1 is 0.929 bits per heavy atom. The molecule has 1 heteroatoms. The van der Waals surface area contributed by atoms with Crippen molar-refractivity contribution >= 4 is 0 Å². The van der Waals surface area contributed by atoms with Gasteiger partial charge in [0, 0.05) is 0 Å². The molecule has 0 aromatic heterocycles. The first-order valence-corrected chi connectivity index (χ1v) is 11.3. The first-order valence-electron chi connectivity index (χ1n) is 11.3. The van der Waals surface area contributed by atoms with E-state index in [-0.39, 0.29) is 0 Å². The van der Waals surface area contributed by atoms with Crippen LogP contribution in [0.15, 0.2) is 42.5 Å². The molecule has 2 aromatic rings. The summed E-state index contributed by atoms with van der Waals surface area (Å²) in [6, 6.07) is 17.4. The smallest absolute Gasteiger partial charge is 0.0991 e. The zero-order chi connectivity index (χ0) is 19.8. The van der Waals surface area contributed by atoms with E-state index in [0.29, 0.717) is 0 Å². The molecule has 0 radical (unpaired) electrons. The Hall–Kier alpha value is -2.07. The maximum absolute atomic E-state index is 8.92. The molecule has 3 rings (SSSR count). The average molecular weight is 374 g/mol. The number of rotatable bonds is 8. The largest absolute Gasteiger partial charge is 0.192 e. The van der Waals surface area contributed by atoms with Crippen LogP contribution in [0.25, 0.3) is 0 Å². The molecule has 148 valence electrons. The van der Waals surface area contributed by atoms with Crippen molar-refractivity contribution in [3.8, 4) is 6.07 Å². The molecule has 1 aliphatic rings. The molecular formula is C27H35N. The van der Waals surface area contributed by atoms with Gasteiger partial charge in [-0.05, 0) is 91.7 Å². The van der Waals surface area contributed by atoms with Crippen LogP contribution in [-0.2, 0) is 12.8 Å². The van der Waals surface area contributed by atoms with Gasteiger partial charge in [-0.3, -0.25) is 0 Å². The highest BCUT2D eigenvalue weighted by Crippen LogP contribution is 2.38. The summed E-state index contributed by atoms with van der Waals surface area (Å²) in [6.07, 6.45) is 13.3. The van der Waals surface area contributed by atoms with Gasteiger partial charge < -0.3 is 0 Å². The van der Waals surface area contributed by atoms with E-state index in [4.69, 9.17) is 5.26 Å². The lowest BCUT2D eigenvalue weighted by molar-refractivity contribution is 0.302. The van der Waals surface area contributed by atoms with Crippen LogP contribution in [-0.4, -0.2) is 0 Å². The Kier molecular flexibility index (Phi) is 7.72. The van der Waals surface area contributed by atoms with Crippen LogP contribution in [0.1, 0.15) is 92.0 Å². The van der Waals surface area contributed by atoms with E-state index in [1.54, 1.807) is 5.56 Å². The Bertz CT molecular complexity index is 773. The maximum Gasteiger partial charge on any atom is 0.0991 e. The zero-order valence-corrected chi connectivity index (χ0v) is 17.7. The molecule has 0 unspecified atom stereocenters. The topological polar surface area (TPSA) is 23.8 Å². The molecule has 1 saturated carbocycles. The molecule has 1 aliphatic carbocycles. The average Bonchev–Trinajstić information content (AvgIpc) is 2.74. The van der Waals surface area contributed by atoms with Gasteiger partial charge in [0.25, 0.3) is 0 Å². The monoisotopic (exact) mass is 373 g/mol. The number of nitrogens with zero attached hydrogens (tertiary/aromatic N) is 1. The first-order chi connectivity index (χ1) is 13.7. The molecule has 0 N–H and O–H groups in total. The van der Waals surface area contributed by atoms with Gasteiger partial charge in [-0.15, -0.1) is 0 Å². The lowest BCUT2D eigenvalue weighted by atomic mass is 9.76. The predicted molar refractivity (Wildman–Crippen MR) is 119 cm³/mol. The van der Waals surface area contributed by atoms with Gasteiger partial charge in [0.1, 0.15) is 0 Å². The van der Waals surface area contributed by atoms with Crippen molar-refractivity contribution in [2.45, 2.75) is 84.0 Å². The van der Waals surface area contributed by atoms with Crippen molar-refractivity contribution in [1.29, 1.82) is 5.26 Å². The van der Waals surface area contributed by atoms with Gasteiger partial charge in [0.15, 0.2) is 0 Å². The third kappa shape index (κ3) is 5.71. The molecule has 0 spiro atoms. The van der Waals surface area contributed by atoms with Crippen molar-refractivity contribution in [2.24, 2.45) is 5.92 Å². The quantitative estimate of drug-likeness (QED) is 0.439. The van der Waals surface area contributed by atoms with Crippen molar-refractivity contribution in [3.05, 3.63) is 70.3 Å². The van der Waals surface area contributed by atoms with E-state index in [1.807, 2.05) is 12.1 Å².